The first-order valence-electron chi connectivity index (χ1n) is 5.04. The third-order valence-electron chi connectivity index (χ3n) is 1.57. The van der Waals surface area contributed by atoms with Gasteiger partial charge < -0.3 is 10.1 Å². The van der Waals surface area contributed by atoms with Gasteiger partial charge in [0.2, 0.25) is 11.2 Å². The Kier molecular flexibility index (Phi) is 4.98. The van der Waals surface area contributed by atoms with Crippen LogP contribution in [0.5, 0.6) is 6.01 Å². The highest BCUT2D eigenvalue weighted by molar-refractivity contribution is 6.28. The highest BCUT2D eigenvalue weighted by Gasteiger charge is 2.05. The van der Waals surface area contributed by atoms with E-state index in [4.69, 9.17) is 16.3 Å². The summed E-state index contributed by atoms with van der Waals surface area (Å²) in [4.78, 5) is 11.8. The minimum absolute atomic E-state index is 0.116. The van der Waals surface area contributed by atoms with Crippen LogP contribution in [-0.2, 0) is 0 Å². The molecule has 0 saturated heterocycles. The van der Waals surface area contributed by atoms with Crippen LogP contribution in [0.2, 0.25) is 5.28 Å². The molecule has 1 aromatic heterocycles. The van der Waals surface area contributed by atoms with Crippen LogP contribution in [-0.4, -0.2) is 28.1 Å². The van der Waals surface area contributed by atoms with E-state index in [0.29, 0.717) is 19.1 Å². The van der Waals surface area contributed by atoms with E-state index in [2.05, 4.69) is 26.8 Å². The molecule has 0 bridgehead atoms. The number of ether oxygens (including phenoxy) is 1. The van der Waals surface area contributed by atoms with Crippen LogP contribution in [0.3, 0.4) is 0 Å². The lowest BCUT2D eigenvalue weighted by molar-refractivity contribution is 0.291. The highest BCUT2D eigenvalue weighted by atomic mass is 35.5. The Labute approximate surface area is 99.9 Å². The van der Waals surface area contributed by atoms with Gasteiger partial charge in [-0.05, 0) is 24.9 Å². The Morgan fingerprint density at radius 1 is 1.44 bits per heavy atom. The summed E-state index contributed by atoms with van der Waals surface area (Å²) in [6.45, 7) is 8.82. The van der Waals surface area contributed by atoms with Crippen molar-refractivity contribution < 1.29 is 4.74 Å². The predicted molar refractivity (Wildman–Crippen MR) is 63.9 cm³/mol. The number of anilines is 1. The van der Waals surface area contributed by atoms with Crippen LogP contribution >= 0.6 is 11.6 Å². The summed E-state index contributed by atoms with van der Waals surface area (Å²) in [5.41, 5.74) is 0.979. The van der Waals surface area contributed by atoms with E-state index in [-0.39, 0.29) is 11.3 Å². The summed E-state index contributed by atoms with van der Waals surface area (Å²) in [6.07, 6.45) is 0.887. The van der Waals surface area contributed by atoms with Gasteiger partial charge in [0.1, 0.15) is 0 Å². The third-order valence-corrected chi connectivity index (χ3v) is 1.74. The maximum absolute atomic E-state index is 5.74. The molecule has 1 aromatic rings. The molecule has 5 nitrogen and oxygen atoms in total. The van der Waals surface area contributed by atoms with Crippen molar-refractivity contribution in [3.63, 3.8) is 0 Å². The van der Waals surface area contributed by atoms with E-state index in [0.717, 1.165) is 12.0 Å². The molecule has 6 heteroatoms. The average Bonchev–Trinajstić information content (AvgIpc) is 2.23. The molecule has 0 fully saturated rings. The van der Waals surface area contributed by atoms with Crippen molar-refractivity contribution in [1.29, 1.82) is 0 Å². The first-order valence-corrected chi connectivity index (χ1v) is 5.42. The monoisotopic (exact) mass is 242 g/mol. The fourth-order valence-electron chi connectivity index (χ4n) is 0.899. The molecule has 0 atom stereocenters. The van der Waals surface area contributed by atoms with Crippen molar-refractivity contribution in [3.05, 3.63) is 17.4 Å². The van der Waals surface area contributed by atoms with Crippen LogP contribution in [0.15, 0.2) is 12.2 Å². The van der Waals surface area contributed by atoms with E-state index >= 15 is 0 Å². The summed E-state index contributed by atoms with van der Waals surface area (Å²) >= 11 is 5.74. The molecule has 1 heterocycles. The standard InChI is InChI=1S/C10H15ClN4O/c1-4-5-16-10-14-8(11)13-9(15-10)12-6-7(2)3/h2,4-6H2,1,3H3,(H,12,13,14,15). The van der Waals surface area contributed by atoms with E-state index < -0.39 is 0 Å². The Balaban J connectivity index is 2.69. The van der Waals surface area contributed by atoms with Gasteiger partial charge in [-0.3, -0.25) is 0 Å². The molecule has 0 spiro atoms. The Morgan fingerprint density at radius 3 is 2.81 bits per heavy atom. The topological polar surface area (TPSA) is 59.9 Å². The van der Waals surface area contributed by atoms with Crippen molar-refractivity contribution in [2.75, 3.05) is 18.5 Å². The van der Waals surface area contributed by atoms with Crippen LogP contribution in [0.25, 0.3) is 0 Å². The van der Waals surface area contributed by atoms with Gasteiger partial charge in [-0.15, -0.1) is 0 Å². The Morgan fingerprint density at radius 2 is 2.19 bits per heavy atom. The fraction of sp³-hybridized carbons (Fsp3) is 0.500. The molecule has 88 valence electrons. The lowest BCUT2D eigenvalue weighted by Crippen LogP contribution is -2.09. The number of hydrogen-bond acceptors (Lipinski definition) is 5. The second kappa shape index (κ2) is 6.27. The number of hydrogen-bond donors (Lipinski definition) is 1. The van der Waals surface area contributed by atoms with Gasteiger partial charge in [-0.1, -0.05) is 19.1 Å². The maximum atomic E-state index is 5.74. The fourth-order valence-corrected chi connectivity index (χ4v) is 1.05. The maximum Gasteiger partial charge on any atom is 0.322 e. The van der Waals surface area contributed by atoms with Gasteiger partial charge in [0.05, 0.1) is 6.61 Å². The van der Waals surface area contributed by atoms with Gasteiger partial charge in [0, 0.05) is 6.54 Å². The molecular formula is C10H15ClN4O. The van der Waals surface area contributed by atoms with E-state index in [9.17, 15) is 0 Å². The third kappa shape index (κ3) is 4.44. The predicted octanol–water partition coefficient (Wildman–Crippen LogP) is 2.30. The zero-order valence-corrected chi connectivity index (χ0v) is 10.2. The van der Waals surface area contributed by atoms with Crippen LogP contribution in [0.1, 0.15) is 20.3 Å². The number of rotatable bonds is 6. The number of aromatic nitrogens is 3. The Bertz CT molecular complexity index is 370. The largest absolute Gasteiger partial charge is 0.463 e. The SMILES string of the molecule is C=C(C)CNc1nc(Cl)nc(OCCC)n1. The van der Waals surface area contributed by atoms with Crippen molar-refractivity contribution in [3.8, 4) is 6.01 Å². The Hall–Kier alpha value is -1.36. The van der Waals surface area contributed by atoms with Crippen molar-refractivity contribution >= 4 is 17.5 Å². The zero-order valence-electron chi connectivity index (χ0n) is 9.46. The molecule has 0 aliphatic carbocycles. The van der Waals surface area contributed by atoms with Gasteiger partial charge in [0.15, 0.2) is 0 Å². The average molecular weight is 243 g/mol. The molecule has 0 radical (unpaired) electrons. The normalized spacial score (nSPS) is 9.94. The van der Waals surface area contributed by atoms with Gasteiger partial charge in [0.25, 0.3) is 0 Å². The van der Waals surface area contributed by atoms with Crippen LogP contribution in [0.4, 0.5) is 5.95 Å². The van der Waals surface area contributed by atoms with Crippen LogP contribution < -0.4 is 10.1 Å². The summed E-state index contributed by atoms with van der Waals surface area (Å²) in [5.74, 6) is 0.397. The van der Waals surface area contributed by atoms with E-state index in [1.54, 1.807) is 0 Å². The minimum atomic E-state index is 0.116. The first kappa shape index (κ1) is 12.7. The van der Waals surface area contributed by atoms with Crippen molar-refractivity contribution in [1.82, 2.24) is 15.0 Å². The van der Waals surface area contributed by atoms with Gasteiger partial charge >= 0.3 is 6.01 Å². The van der Waals surface area contributed by atoms with Crippen molar-refractivity contribution in [2.24, 2.45) is 0 Å². The summed E-state index contributed by atoms with van der Waals surface area (Å²) in [6, 6.07) is 0.242. The number of nitrogens with one attached hydrogen (secondary N) is 1. The van der Waals surface area contributed by atoms with Crippen LogP contribution in [0, 0.1) is 0 Å². The van der Waals surface area contributed by atoms with E-state index in [1.807, 2.05) is 13.8 Å². The highest BCUT2D eigenvalue weighted by Crippen LogP contribution is 2.11. The molecule has 0 aliphatic heterocycles. The quantitative estimate of drug-likeness (QED) is 0.776. The first-order chi connectivity index (χ1) is 7.61. The second-order valence-corrected chi connectivity index (χ2v) is 3.71. The van der Waals surface area contributed by atoms with Crippen molar-refractivity contribution in [2.45, 2.75) is 20.3 Å². The summed E-state index contributed by atoms with van der Waals surface area (Å²) < 4.78 is 5.27. The molecule has 1 N–H and O–H groups in total. The molecule has 0 saturated carbocycles. The lowest BCUT2D eigenvalue weighted by Gasteiger charge is -2.06. The van der Waals surface area contributed by atoms with Gasteiger partial charge in [-0.2, -0.15) is 15.0 Å². The zero-order chi connectivity index (χ0) is 12.0. The molecule has 0 unspecified atom stereocenters. The molecule has 0 aliphatic rings. The molecule has 0 amide bonds. The molecule has 0 aromatic carbocycles. The number of halogens is 1. The number of nitrogens with zero attached hydrogens (tertiary/aromatic N) is 3. The minimum Gasteiger partial charge on any atom is -0.463 e. The molecular weight excluding hydrogens is 228 g/mol. The van der Waals surface area contributed by atoms with E-state index in [1.165, 1.54) is 0 Å². The second-order valence-electron chi connectivity index (χ2n) is 3.37. The smallest absolute Gasteiger partial charge is 0.322 e. The molecule has 1 rings (SSSR count). The summed E-state index contributed by atoms with van der Waals surface area (Å²) in [7, 11) is 0. The lowest BCUT2D eigenvalue weighted by atomic mass is 10.3. The summed E-state index contributed by atoms with van der Waals surface area (Å²) in [5, 5.41) is 3.09. The van der Waals surface area contributed by atoms with Gasteiger partial charge in [-0.25, -0.2) is 0 Å². The molecule has 16 heavy (non-hydrogen) atoms.